The molecule has 0 radical (unpaired) electrons. The number of nitrogens with two attached hydrogens (primary N) is 1. The number of hydrazine groups is 1. The van der Waals surface area contributed by atoms with Gasteiger partial charge >= 0.3 is 0 Å². The van der Waals surface area contributed by atoms with Gasteiger partial charge in [-0.3, -0.25) is 10.2 Å². The third-order valence-corrected chi connectivity index (χ3v) is 3.68. The first-order valence-corrected chi connectivity index (χ1v) is 6.75. The quantitative estimate of drug-likeness (QED) is 0.440. The van der Waals surface area contributed by atoms with E-state index in [0.29, 0.717) is 17.9 Å². The van der Waals surface area contributed by atoms with Gasteiger partial charge in [0.2, 0.25) is 0 Å². The Kier molecular flexibility index (Phi) is 3.27. The van der Waals surface area contributed by atoms with Crippen LogP contribution < -0.4 is 11.3 Å². The van der Waals surface area contributed by atoms with E-state index in [2.05, 4.69) is 35.1 Å². The maximum atomic E-state index is 11.6. The van der Waals surface area contributed by atoms with Crippen molar-refractivity contribution in [3.8, 4) is 0 Å². The molecule has 0 saturated carbocycles. The number of fused-ring (bicyclic) bond motifs is 1. The minimum absolute atomic E-state index is 0.336. The minimum Gasteiger partial charge on any atom is -0.464 e. The van der Waals surface area contributed by atoms with Gasteiger partial charge in [0.15, 0.2) is 0 Å². The van der Waals surface area contributed by atoms with Gasteiger partial charge in [0.05, 0.1) is 12.1 Å². The first-order chi connectivity index (χ1) is 10.1. The molecule has 1 aromatic carbocycles. The van der Waals surface area contributed by atoms with E-state index < -0.39 is 0 Å². The van der Waals surface area contributed by atoms with Gasteiger partial charge in [-0.15, -0.1) is 0 Å². The molecule has 0 unspecified atom stereocenters. The predicted octanol–water partition coefficient (Wildman–Crippen LogP) is 2.50. The molecule has 0 spiro atoms. The smallest absolute Gasteiger partial charge is 0.268 e. The van der Waals surface area contributed by atoms with Gasteiger partial charge in [0.25, 0.3) is 5.91 Å². The fourth-order valence-corrected chi connectivity index (χ4v) is 2.64. The zero-order valence-corrected chi connectivity index (χ0v) is 12.0. The molecule has 3 aromatic rings. The molecule has 0 fully saturated rings. The Morgan fingerprint density at radius 2 is 2.05 bits per heavy atom. The Morgan fingerprint density at radius 3 is 2.81 bits per heavy atom. The third-order valence-electron chi connectivity index (χ3n) is 3.68. The number of carbonyl (C=O) groups excluding carboxylic acids is 1. The van der Waals surface area contributed by atoms with E-state index in [1.165, 1.54) is 5.39 Å². The molecule has 5 nitrogen and oxygen atoms in total. The van der Waals surface area contributed by atoms with Crippen molar-refractivity contribution >= 4 is 16.8 Å². The molecule has 0 saturated heterocycles. The van der Waals surface area contributed by atoms with E-state index in [1.807, 2.05) is 12.1 Å². The fourth-order valence-electron chi connectivity index (χ4n) is 2.64. The lowest BCUT2D eigenvalue weighted by Crippen LogP contribution is -2.30. The largest absolute Gasteiger partial charge is 0.464 e. The number of nitrogens with one attached hydrogen (secondary N) is 1. The maximum Gasteiger partial charge on any atom is 0.268 e. The number of aryl methyl sites for hydroxylation is 2. The second kappa shape index (κ2) is 5.10. The molecule has 0 aliphatic rings. The van der Waals surface area contributed by atoms with Crippen molar-refractivity contribution in [2.75, 3.05) is 0 Å². The molecule has 21 heavy (non-hydrogen) atoms. The SMILES string of the molecule is Cc1oc(Cn2c(C)cc3ccccc32)cc1C(=O)NN. The van der Waals surface area contributed by atoms with Crippen LogP contribution in [0.25, 0.3) is 10.9 Å². The summed E-state index contributed by atoms with van der Waals surface area (Å²) in [7, 11) is 0. The van der Waals surface area contributed by atoms with E-state index >= 15 is 0 Å². The van der Waals surface area contributed by atoms with Gasteiger partial charge in [-0.05, 0) is 37.4 Å². The summed E-state index contributed by atoms with van der Waals surface area (Å²) in [5.41, 5.74) is 4.90. The predicted molar refractivity (Wildman–Crippen MR) is 80.9 cm³/mol. The summed E-state index contributed by atoms with van der Waals surface area (Å²) in [6, 6.07) is 12.1. The van der Waals surface area contributed by atoms with Crippen molar-refractivity contribution in [2.45, 2.75) is 20.4 Å². The Morgan fingerprint density at radius 1 is 1.29 bits per heavy atom. The monoisotopic (exact) mass is 283 g/mol. The highest BCUT2D eigenvalue weighted by molar-refractivity contribution is 5.94. The minimum atomic E-state index is -0.336. The zero-order chi connectivity index (χ0) is 15.0. The van der Waals surface area contributed by atoms with Crippen molar-refractivity contribution < 1.29 is 9.21 Å². The Hall–Kier alpha value is -2.53. The van der Waals surface area contributed by atoms with Crippen LogP contribution in [0.3, 0.4) is 0 Å². The summed E-state index contributed by atoms with van der Waals surface area (Å²) < 4.78 is 7.84. The number of aromatic nitrogens is 1. The second-order valence-corrected chi connectivity index (χ2v) is 5.09. The first kappa shape index (κ1) is 13.5. The topological polar surface area (TPSA) is 73.2 Å². The summed E-state index contributed by atoms with van der Waals surface area (Å²) >= 11 is 0. The lowest BCUT2D eigenvalue weighted by atomic mass is 10.2. The number of furan rings is 1. The van der Waals surface area contributed by atoms with Crippen LogP contribution in [-0.4, -0.2) is 10.5 Å². The summed E-state index contributed by atoms with van der Waals surface area (Å²) in [5, 5.41) is 1.19. The van der Waals surface area contributed by atoms with Crippen molar-refractivity contribution in [3.63, 3.8) is 0 Å². The number of benzene rings is 1. The number of nitrogen functional groups attached to an aromatic ring is 1. The number of hydrogen-bond donors (Lipinski definition) is 2. The number of hydrogen-bond acceptors (Lipinski definition) is 3. The highest BCUT2D eigenvalue weighted by Crippen LogP contribution is 2.22. The van der Waals surface area contributed by atoms with Crippen molar-refractivity contribution in [1.29, 1.82) is 0 Å². The fraction of sp³-hybridized carbons (Fsp3) is 0.188. The average molecular weight is 283 g/mol. The lowest BCUT2D eigenvalue weighted by Gasteiger charge is -2.05. The van der Waals surface area contributed by atoms with Crippen LogP contribution in [0.4, 0.5) is 0 Å². The Labute approximate surface area is 122 Å². The highest BCUT2D eigenvalue weighted by Gasteiger charge is 2.15. The molecule has 5 heteroatoms. The van der Waals surface area contributed by atoms with Crippen LogP contribution in [0.5, 0.6) is 0 Å². The van der Waals surface area contributed by atoms with Crippen LogP contribution in [0.2, 0.25) is 0 Å². The van der Waals surface area contributed by atoms with Crippen molar-refractivity contribution in [1.82, 2.24) is 9.99 Å². The van der Waals surface area contributed by atoms with E-state index in [4.69, 9.17) is 10.3 Å². The maximum absolute atomic E-state index is 11.6. The highest BCUT2D eigenvalue weighted by atomic mass is 16.3. The first-order valence-electron chi connectivity index (χ1n) is 6.75. The molecular formula is C16H17N3O2. The zero-order valence-electron chi connectivity index (χ0n) is 12.0. The number of carbonyl (C=O) groups is 1. The molecule has 0 bridgehead atoms. The molecule has 3 N–H and O–H groups in total. The summed E-state index contributed by atoms with van der Waals surface area (Å²) in [6.07, 6.45) is 0. The molecule has 0 atom stereocenters. The average Bonchev–Trinajstić information content (AvgIpc) is 2.99. The van der Waals surface area contributed by atoms with Gasteiger partial charge < -0.3 is 8.98 Å². The van der Waals surface area contributed by atoms with Gasteiger partial charge in [0.1, 0.15) is 11.5 Å². The number of amides is 1. The summed E-state index contributed by atoms with van der Waals surface area (Å²) in [5.74, 6) is 6.14. The third kappa shape index (κ3) is 2.32. The van der Waals surface area contributed by atoms with Gasteiger partial charge in [-0.25, -0.2) is 5.84 Å². The Balaban J connectivity index is 1.99. The van der Waals surface area contributed by atoms with E-state index in [9.17, 15) is 4.79 Å². The van der Waals surface area contributed by atoms with E-state index in [1.54, 1.807) is 13.0 Å². The molecule has 2 aromatic heterocycles. The Bertz CT molecular complexity index is 814. The van der Waals surface area contributed by atoms with Crippen LogP contribution in [0, 0.1) is 13.8 Å². The van der Waals surface area contributed by atoms with E-state index in [-0.39, 0.29) is 5.91 Å². The molecule has 1 amide bonds. The molecule has 108 valence electrons. The number of para-hydroxylation sites is 1. The number of nitrogens with zero attached hydrogens (tertiary/aromatic N) is 1. The van der Waals surface area contributed by atoms with Crippen LogP contribution in [0.1, 0.15) is 27.6 Å². The standard InChI is InChI=1S/C16H17N3O2/c1-10-7-12-5-3-4-6-15(12)19(10)9-13-8-14(11(2)21-13)16(20)18-17/h3-8H,9,17H2,1-2H3,(H,18,20). The lowest BCUT2D eigenvalue weighted by molar-refractivity contribution is 0.0952. The molecule has 0 aliphatic carbocycles. The molecular weight excluding hydrogens is 266 g/mol. The second-order valence-electron chi connectivity index (χ2n) is 5.09. The van der Waals surface area contributed by atoms with Crippen molar-refractivity contribution in [2.24, 2.45) is 5.84 Å². The normalized spacial score (nSPS) is 11.0. The molecule has 3 rings (SSSR count). The van der Waals surface area contributed by atoms with Crippen LogP contribution in [-0.2, 0) is 6.54 Å². The van der Waals surface area contributed by atoms with Crippen LogP contribution >= 0.6 is 0 Å². The van der Waals surface area contributed by atoms with Gasteiger partial charge in [-0.2, -0.15) is 0 Å². The summed E-state index contributed by atoms with van der Waals surface area (Å²) in [6.45, 7) is 4.40. The summed E-state index contributed by atoms with van der Waals surface area (Å²) in [4.78, 5) is 11.6. The van der Waals surface area contributed by atoms with Crippen LogP contribution in [0.15, 0.2) is 40.8 Å². The molecule has 0 aliphatic heterocycles. The van der Waals surface area contributed by atoms with Gasteiger partial charge in [0, 0.05) is 11.2 Å². The number of rotatable bonds is 3. The van der Waals surface area contributed by atoms with E-state index in [0.717, 1.165) is 17.0 Å². The molecule has 2 heterocycles. The van der Waals surface area contributed by atoms with Crippen molar-refractivity contribution in [3.05, 3.63) is 59.2 Å². The van der Waals surface area contributed by atoms with Gasteiger partial charge in [-0.1, -0.05) is 18.2 Å².